The third-order valence-corrected chi connectivity index (χ3v) is 2.90. The Morgan fingerprint density at radius 2 is 2.00 bits per heavy atom. The van der Waals surface area contributed by atoms with Gasteiger partial charge in [0.2, 0.25) is 5.91 Å². The molecule has 0 spiro atoms. The molecule has 0 unspecified atom stereocenters. The zero-order valence-electron chi connectivity index (χ0n) is 10.2. The minimum atomic E-state index is -0.0247. The first-order valence-corrected chi connectivity index (χ1v) is 6.52. The highest BCUT2D eigenvalue weighted by Gasteiger charge is 2.00. The van der Waals surface area contributed by atoms with Crippen molar-refractivity contribution in [3.63, 3.8) is 0 Å². The predicted octanol–water partition coefficient (Wildman–Crippen LogP) is 3.48. The number of carbonyl (C=O) groups is 1. The van der Waals surface area contributed by atoms with Crippen LogP contribution in [-0.2, 0) is 4.79 Å². The minimum absolute atomic E-state index is 0.0247. The van der Waals surface area contributed by atoms with Gasteiger partial charge in [-0.1, -0.05) is 41.4 Å². The van der Waals surface area contributed by atoms with Crippen LogP contribution in [0.25, 0.3) is 0 Å². The second kappa shape index (κ2) is 7.22. The van der Waals surface area contributed by atoms with Crippen molar-refractivity contribution in [2.24, 2.45) is 5.10 Å². The average Bonchev–Trinajstić information content (AvgIpc) is 2.34. The highest BCUT2D eigenvalue weighted by atomic mass is 79.9. The van der Waals surface area contributed by atoms with Gasteiger partial charge in [0.15, 0.2) is 0 Å². The number of halogens is 1. The Kier molecular flexibility index (Phi) is 5.91. The van der Waals surface area contributed by atoms with Gasteiger partial charge in [0, 0.05) is 10.9 Å². The summed E-state index contributed by atoms with van der Waals surface area (Å²) >= 11 is 3.38. The summed E-state index contributed by atoms with van der Waals surface area (Å²) in [7, 11) is 0. The Morgan fingerprint density at radius 3 is 2.59 bits per heavy atom. The van der Waals surface area contributed by atoms with Crippen LogP contribution in [0.2, 0.25) is 0 Å². The summed E-state index contributed by atoms with van der Waals surface area (Å²) < 4.78 is 1.03. The molecule has 0 bridgehead atoms. The van der Waals surface area contributed by atoms with Crippen LogP contribution in [0.5, 0.6) is 0 Å². The molecule has 1 N–H and O–H groups in total. The van der Waals surface area contributed by atoms with E-state index in [1.54, 1.807) is 0 Å². The van der Waals surface area contributed by atoms with E-state index in [-0.39, 0.29) is 5.91 Å². The number of carbonyl (C=O) groups excluding carboxylic acids is 1. The van der Waals surface area contributed by atoms with Crippen LogP contribution in [0.1, 0.15) is 38.7 Å². The normalized spacial score (nSPS) is 11.4. The molecule has 3 nitrogen and oxygen atoms in total. The number of hydrazone groups is 1. The summed E-state index contributed by atoms with van der Waals surface area (Å²) in [6, 6.07) is 7.82. The first kappa shape index (κ1) is 13.9. The molecule has 0 fully saturated rings. The van der Waals surface area contributed by atoms with Crippen molar-refractivity contribution in [1.82, 2.24) is 5.43 Å². The summed E-state index contributed by atoms with van der Waals surface area (Å²) in [6.45, 7) is 3.94. The second-order valence-corrected chi connectivity index (χ2v) is 4.76. The van der Waals surface area contributed by atoms with Gasteiger partial charge in [-0.15, -0.1) is 0 Å². The fraction of sp³-hybridized carbons (Fsp3) is 0.385. The zero-order valence-corrected chi connectivity index (χ0v) is 11.8. The van der Waals surface area contributed by atoms with Gasteiger partial charge in [-0.3, -0.25) is 4.79 Å². The fourth-order valence-corrected chi connectivity index (χ4v) is 1.56. The first-order chi connectivity index (χ1) is 8.13. The first-order valence-electron chi connectivity index (χ1n) is 5.72. The largest absolute Gasteiger partial charge is 0.273 e. The Bertz CT molecular complexity index is 398. The molecule has 1 rings (SSSR count). The van der Waals surface area contributed by atoms with Gasteiger partial charge in [-0.25, -0.2) is 5.43 Å². The van der Waals surface area contributed by atoms with Gasteiger partial charge in [-0.05, 0) is 31.0 Å². The number of rotatable bonds is 5. The lowest BCUT2D eigenvalue weighted by Gasteiger charge is -2.02. The van der Waals surface area contributed by atoms with Crippen molar-refractivity contribution in [2.45, 2.75) is 33.1 Å². The SMILES string of the molecule is CCCCC(=O)NN=C(C)c1ccc(Br)cc1. The van der Waals surface area contributed by atoms with E-state index in [0.29, 0.717) is 6.42 Å². The van der Waals surface area contributed by atoms with Crippen LogP contribution in [0.4, 0.5) is 0 Å². The van der Waals surface area contributed by atoms with E-state index < -0.39 is 0 Å². The summed E-state index contributed by atoms with van der Waals surface area (Å²) in [6.07, 6.45) is 2.45. The van der Waals surface area contributed by atoms with Gasteiger partial charge in [0.25, 0.3) is 0 Å². The van der Waals surface area contributed by atoms with Crippen LogP contribution >= 0.6 is 15.9 Å². The molecule has 0 radical (unpaired) electrons. The van der Waals surface area contributed by atoms with Gasteiger partial charge >= 0.3 is 0 Å². The van der Waals surface area contributed by atoms with Crippen LogP contribution in [-0.4, -0.2) is 11.6 Å². The number of amides is 1. The molecule has 0 saturated heterocycles. The maximum Gasteiger partial charge on any atom is 0.240 e. The third kappa shape index (κ3) is 5.13. The van der Waals surface area contributed by atoms with Crippen molar-refractivity contribution in [1.29, 1.82) is 0 Å². The molecule has 0 aliphatic heterocycles. The lowest BCUT2D eigenvalue weighted by molar-refractivity contribution is -0.121. The average molecular weight is 297 g/mol. The van der Waals surface area contributed by atoms with E-state index >= 15 is 0 Å². The molecule has 0 saturated carbocycles. The summed E-state index contributed by atoms with van der Waals surface area (Å²) in [5.74, 6) is -0.0247. The molecule has 1 aromatic carbocycles. The van der Waals surface area contributed by atoms with Crippen molar-refractivity contribution >= 4 is 27.5 Å². The van der Waals surface area contributed by atoms with Crippen LogP contribution in [0, 0.1) is 0 Å². The maximum atomic E-state index is 11.4. The molecule has 1 amide bonds. The lowest BCUT2D eigenvalue weighted by Crippen LogP contribution is -2.18. The van der Waals surface area contributed by atoms with Crippen molar-refractivity contribution in [3.05, 3.63) is 34.3 Å². The lowest BCUT2D eigenvalue weighted by atomic mass is 10.1. The Hall–Kier alpha value is -1.16. The second-order valence-electron chi connectivity index (χ2n) is 3.84. The van der Waals surface area contributed by atoms with E-state index in [4.69, 9.17) is 0 Å². The number of hydrogen-bond acceptors (Lipinski definition) is 2. The topological polar surface area (TPSA) is 41.5 Å². The van der Waals surface area contributed by atoms with Gasteiger partial charge < -0.3 is 0 Å². The molecule has 1 aromatic rings. The fourth-order valence-electron chi connectivity index (χ4n) is 1.30. The molecule has 92 valence electrons. The Labute approximate surface area is 110 Å². The van der Waals surface area contributed by atoms with Crippen LogP contribution < -0.4 is 5.43 Å². The minimum Gasteiger partial charge on any atom is -0.273 e. The smallest absolute Gasteiger partial charge is 0.240 e. The summed E-state index contributed by atoms with van der Waals surface area (Å²) in [5, 5.41) is 4.08. The van der Waals surface area contributed by atoms with Gasteiger partial charge in [0.1, 0.15) is 0 Å². The highest BCUT2D eigenvalue weighted by Crippen LogP contribution is 2.11. The Morgan fingerprint density at radius 1 is 1.35 bits per heavy atom. The Balaban J connectivity index is 2.54. The molecule has 0 aromatic heterocycles. The number of nitrogens with zero attached hydrogens (tertiary/aromatic N) is 1. The third-order valence-electron chi connectivity index (χ3n) is 2.37. The molecule has 0 heterocycles. The van der Waals surface area contributed by atoms with Gasteiger partial charge in [-0.2, -0.15) is 5.10 Å². The maximum absolute atomic E-state index is 11.4. The monoisotopic (exact) mass is 296 g/mol. The zero-order chi connectivity index (χ0) is 12.7. The highest BCUT2D eigenvalue weighted by molar-refractivity contribution is 9.10. The van der Waals surface area contributed by atoms with Crippen LogP contribution in [0.15, 0.2) is 33.8 Å². The van der Waals surface area contributed by atoms with E-state index in [0.717, 1.165) is 28.6 Å². The molecular formula is C13H17BrN2O. The molecule has 0 aliphatic rings. The molecular weight excluding hydrogens is 280 g/mol. The number of nitrogens with one attached hydrogen (secondary N) is 1. The van der Waals surface area contributed by atoms with Gasteiger partial charge in [0.05, 0.1) is 5.71 Å². The number of unbranched alkanes of at least 4 members (excludes halogenated alkanes) is 1. The van der Waals surface area contributed by atoms with E-state index in [1.165, 1.54) is 0 Å². The predicted molar refractivity (Wildman–Crippen MR) is 74.0 cm³/mol. The molecule has 0 atom stereocenters. The number of benzene rings is 1. The quantitative estimate of drug-likeness (QED) is 0.656. The number of hydrogen-bond donors (Lipinski definition) is 1. The molecule has 17 heavy (non-hydrogen) atoms. The summed E-state index contributed by atoms with van der Waals surface area (Å²) in [4.78, 5) is 11.4. The molecule has 4 heteroatoms. The van der Waals surface area contributed by atoms with E-state index in [9.17, 15) is 4.79 Å². The molecule has 0 aliphatic carbocycles. The van der Waals surface area contributed by atoms with Crippen LogP contribution in [0.3, 0.4) is 0 Å². The standard InChI is InChI=1S/C13H17BrN2O/c1-3-4-5-13(17)16-15-10(2)11-6-8-12(14)9-7-11/h6-9H,3-5H2,1-2H3,(H,16,17). The van der Waals surface area contributed by atoms with Crippen molar-refractivity contribution in [3.8, 4) is 0 Å². The van der Waals surface area contributed by atoms with E-state index in [2.05, 4.69) is 33.4 Å². The van der Waals surface area contributed by atoms with Crippen molar-refractivity contribution < 1.29 is 4.79 Å². The van der Waals surface area contributed by atoms with Crippen molar-refractivity contribution in [2.75, 3.05) is 0 Å². The summed E-state index contributed by atoms with van der Waals surface area (Å²) in [5.41, 5.74) is 4.38. The van der Waals surface area contributed by atoms with E-state index in [1.807, 2.05) is 31.2 Å².